The number of amides is 2. The second-order valence-corrected chi connectivity index (χ2v) is 10.7. The molecule has 7 rings (SSSR count). The SMILES string of the molecule is O=C(Nc1cccc(C(F)(F)F)c1)N1C2CC(NCc3c(-c4ccccc4OC(F)(F)F)noc3C3CC3)CC1C2. The number of piperidine rings is 1. The number of benzene rings is 2. The van der Waals surface area contributed by atoms with E-state index in [1.807, 2.05) is 0 Å². The number of nitrogens with one attached hydrogen (secondary N) is 2. The van der Waals surface area contributed by atoms with Gasteiger partial charge in [0.1, 0.15) is 17.2 Å². The fourth-order valence-electron chi connectivity index (χ4n) is 5.83. The highest BCUT2D eigenvalue weighted by Crippen LogP contribution is 2.46. The first-order valence-electron chi connectivity index (χ1n) is 13.3. The largest absolute Gasteiger partial charge is 0.573 e. The average Bonchev–Trinajstić information content (AvgIpc) is 3.66. The zero-order valence-electron chi connectivity index (χ0n) is 21.6. The van der Waals surface area contributed by atoms with Gasteiger partial charge in [-0.25, -0.2) is 4.79 Å². The molecule has 2 atom stereocenters. The first-order chi connectivity index (χ1) is 19.5. The van der Waals surface area contributed by atoms with E-state index >= 15 is 0 Å². The molecular formula is C28H26F6N4O3. The number of carbonyl (C=O) groups is 1. The molecule has 2 bridgehead atoms. The monoisotopic (exact) mass is 580 g/mol. The number of hydrogen-bond donors (Lipinski definition) is 2. The summed E-state index contributed by atoms with van der Waals surface area (Å²) in [4.78, 5) is 14.6. The highest BCUT2D eigenvalue weighted by Gasteiger charge is 2.48. The topological polar surface area (TPSA) is 79.6 Å². The molecule has 0 spiro atoms. The maximum atomic E-state index is 13.0. The van der Waals surface area contributed by atoms with Gasteiger partial charge in [0.05, 0.1) is 5.56 Å². The van der Waals surface area contributed by atoms with E-state index in [1.54, 1.807) is 11.0 Å². The third kappa shape index (κ3) is 5.85. The molecule has 7 nitrogen and oxygen atoms in total. The van der Waals surface area contributed by atoms with Gasteiger partial charge in [-0.3, -0.25) is 0 Å². The molecule has 2 aliphatic heterocycles. The Morgan fingerprint density at radius 1 is 1.00 bits per heavy atom. The summed E-state index contributed by atoms with van der Waals surface area (Å²) in [6.07, 6.45) is -5.51. The molecule has 4 fully saturated rings. The van der Waals surface area contributed by atoms with Crippen LogP contribution in [0.25, 0.3) is 11.3 Å². The predicted octanol–water partition coefficient (Wildman–Crippen LogP) is 7.06. The smallest absolute Gasteiger partial charge is 0.405 e. The number of carbonyl (C=O) groups excluding carboxylic acids is 1. The lowest BCUT2D eigenvalue weighted by Crippen LogP contribution is -2.66. The van der Waals surface area contributed by atoms with Gasteiger partial charge in [0.15, 0.2) is 0 Å². The van der Waals surface area contributed by atoms with Crippen LogP contribution in [0.1, 0.15) is 54.9 Å². The van der Waals surface area contributed by atoms with Gasteiger partial charge in [-0.1, -0.05) is 23.4 Å². The van der Waals surface area contributed by atoms with Crippen LogP contribution in [0.3, 0.4) is 0 Å². The molecule has 2 aliphatic carbocycles. The van der Waals surface area contributed by atoms with Crippen molar-refractivity contribution in [3.63, 3.8) is 0 Å². The Bertz CT molecular complexity index is 1420. The van der Waals surface area contributed by atoms with E-state index in [4.69, 9.17) is 4.52 Å². The molecule has 0 radical (unpaired) electrons. The highest BCUT2D eigenvalue weighted by atomic mass is 19.4. The number of ether oxygens (including phenoxy) is 1. The van der Waals surface area contributed by atoms with Gasteiger partial charge < -0.3 is 24.8 Å². The van der Waals surface area contributed by atoms with E-state index in [2.05, 4.69) is 20.5 Å². The summed E-state index contributed by atoms with van der Waals surface area (Å²) in [6, 6.07) is 9.74. The fourth-order valence-corrected chi connectivity index (χ4v) is 5.83. The van der Waals surface area contributed by atoms with Crippen molar-refractivity contribution in [3.8, 4) is 17.0 Å². The number of nitrogens with zero attached hydrogens (tertiary/aromatic N) is 2. The Kier molecular flexibility index (Phi) is 6.87. The standard InChI is InChI=1S/C28H26F6N4O3/c29-27(30,31)16-4-3-5-17(10-16)36-26(39)38-19-11-18(12-20(38)13-19)35-14-22-24(37-41-25(22)15-8-9-15)21-6-1-2-7-23(21)40-28(32,33)34/h1-7,10,15,18-20,35H,8-9,11-14H2,(H,36,39). The summed E-state index contributed by atoms with van der Waals surface area (Å²) in [5, 5.41) is 10.2. The zero-order valence-corrected chi connectivity index (χ0v) is 21.6. The van der Waals surface area contributed by atoms with Crippen LogP contribution in [0.4, 0.5) is 36.8 Å². The number of halogens is 6. The zero-order chi connectivity index (χ0) is 28.9. The van der Waals surface area contributed by atoms with Crippen molar-refractivity contribution < 1.29 is 40.4 Å². The van der Waals surface area contributed by atoms with E-state index in [0.29, 0.717) is 36.4 Å². The van der Waals surface area contributed by atoms with Gasteiger partial charge >= 0.3 is 18.6 Å². The molecule has 3 aromatic rings. The Labute approximate surface area is 230 Å². The third-order valence-corrected chi connectivity index (χ3v) is 7.82. The summed E-state index contributed by atoms with van der Waals surface area (Å²) in [5.74, 6) is 0.453. The highest BCUT2D eigenvalue weighted by molar-refractivity contribution is 5.90. The number of hydrogen-bond acceptors (Lipinski definition) is 5. The Morgan fingerprint density at radius 3 is 2.41 bits per heavy atom. The molecule has 2 unspecified atom stereocenters. The summed E-state index contributed by atoms with van der Waals surface area (Å²) in [7, 11) is 0. The number of rotatable bonds is 7. The minimum absolute atomic E-state index is 0.0211. The number of aromatic nitrogens is 1. The van der Waals surface area contributed by atoms with Crippen LogP contribution in [-0.2, 0) is 12.7 Å². The third-order valence-electron chi connectivity index (χ3n) is 7.82. The van der Waals surface area contributed by atoms with Gasteiger partial charge in [0, 0.05) is 47.4 Å². The van der Waals surface area contributed by atoms with E-state index < -0.39 is 24.1 Å². The average molecular weight is 581 g/mol. The Balaban J connectivity index is 1.12. The maximum Gasteiger partial charge on any atom is 0.573 e. The van der Waals surface area contributed by atoms with Crippen LogP contribution in [0.2, 0.25) is 0 Å². The molecular weight excluding hydrogens is 554 g/mol. The summed E-state index contributed by atoms with van der Waals surface area (Å²) >= 11 is 0. The van der Waals surface area contributed by atoms with Crippen molar-refractivity contribution >= 4 is 11.7 Å². The van der Waals surface area contributed by atoms with Crippen molar-refractivity contribution in [2.45, 2.75) is 75.2 Å². The summed E-state index contributed by atoms with van der Waals surface area (Å²) < 4.78 is 88.0. The number of fused-ring (bicyclic) bond motifs is 2. The van der Waals surface area contributed by atoms with Crippen LogP contribution in [0.15, 0.2) is 53.1 Å². The van der Waals surface area contributed by atoms with E-state index in [-0.39, 0.29) is 41.0 Å². The normalized spacial score (nSPS) is 22.3. The van der Waals surface area contributed by atoms with Crippen molar-refractivity contribution in [2.24, 2.45) is 0 Å². The Morgan fingerprint density at radius 2 is 1.73 bits per heavy atom. The second-order valence-electron chi connectivity index (χ2n) is 10.7. The molecule has 218 valence electrons. The van der Waals surface area contributed by atoms with E-state index in [9.17, 15) is 31.1 Å². The molecule has 41 heavy (non-hydrogen) atoms. The van der Waals surface area contributed by atoms with Crippen molar-refractivity contribution in [1.82, 2.24) is 15.4 Å². The first-order valence-corrected chi connectivity index (χ1v) is 13.3. The Hall–Kier alpha value is -3.74. The van der Waals surface area contributed by atoms with Crippen LogP contribution in [0.5, 0.6) is 5.75 Å². The minimum atomic E-state index is -4.86. The maximum absolute atomic E-state index is 13.0. The van der Waals surface area contributed by atoms with Crippen LogP contribution < -0.4 is 15.4 Å². The fraction of sp³-hybridized carbons (Fsp3) is 0.429. The molecule has 2 N–H and O–H groups in total. The van der Waals surface area contributed by atoms with E-state index in [0.717, 1.165) is 31.4 Å². The quantitative estimate of drug-likeness (QED) is 0.293. The number of urea groups is 1. The van der Waals surface area contributed by atoms with Crippen LogP contribution in [-0.4, -0.2) is 40.6 Å². The molecule has 3 heterocycles. The predicted molar refractivity (Wildman–Crippen MR) is 135 cm³/mol. The molecule has 2 aromatic carbocycles. The molecule has 2 saturated heterocycles. The van der Waals surface area contributed by atoms with Crippen molar-refractivity contribution in [1.29, 1.82) is 0 Å². The van der Waals surface area contributed by atoms with Gasteiger partial charge in [-0.05, 0) is 62.4 Å². The summed E-state index contributed by atoms with van der Waals surface area (Å²) in [6.45, 7) is 0.311. The molecule has 2 saturated carbocycles. The number of para-hydroxylation sites is 1. The van der Waals surface area contributed by atoms with Crippen molar-refractivity contribution in [2.75, 3.05) is 5.32 Å². The number of alkyl halides is 6. The molecule has 13 heteroatoms. The molecule has 4 aliphatic rings. The minimum Gasteiger partial charge on any atom is -0.405 e. The lowest BCUT2D eigenvalue weighted by molar-refractivity contribution is -0.274. The molecule has 1 aromatic heterocycles. The van der Waals surface area contributed by atoms with Gasteiger partial charge in [-0.2, -0.15) is 13.2 Å². The van der Waals surface area contributed by atoms with Gasteiger partial charge in [-0.15, -0.1) is 13.2 Å². The van der Waals surface area contributed by atoms with Crippen LogP contribution in [0, 0.1) is 0 Å². The number of anilines is 1. The lowest BCUT2D eigenvalue weighted by atomic mass is 9.77. The lowest BCUT2D eigenvalue weighted by Gasteiger charge is -2.55. The molecule has 2 amide bonds. The second kappa shape index (κ2) is 10.3. The van der Waals surface area contributed by atoms with E-state index in [1.165, 1.54) is 30.3 Å². The van der Waals surface area contributed by atoms with Gasteiger partial charge in [0.2, 0.25) is 0 Å². The van der Waals surface area contributed by atoms with Gasteiger partial charge in [0.25, 0.3) is 0 Å². The van der Waals surface area contributed by atoms with Crippen LogP contribution >= 0.6 is 0 Å². The first kappa shape index (κ1) is 27.4. The summed E-state index contributed by atoms with van der Waals surface area (Å²) in [5.41, 5.74) is 0.397. The van der Waals surface area contributed by atoms with Crippen molar-refractivity contribution in [3.05, 3.63) is 65.4 Å².